The summed E-state index contributed by atoms with van der Waals surface area (Å²) in [7, 11) is 0. The molecule has 1 N–H and O–H groups in total. The molecule has 0 aliphatic rings. The molecule has 6 nitrogen and oxygen atoms in total. The fourth-order valence-electron chi connectivity index (χ4n) is 3.18. The average Bonchev–Trinajstić information content (AvgIpc) is 3.21. The van der Waals surface area contributed by atoms with Crippen molar-refractivity contribution in [1.29, 1.82) is 0 Å². The van der Waals surface area contributed by atoms with Crippen molar-refractivity contribution in [3.8, 4) is 11.3 Å². The fraction of sp³-hybridized carbons (Fsp3) is 0.217. The van der Waals surface area contributed by atoms with Crippen molar-refractivity contribution in [3.05, 3.63) is 70.5 Å². The van der Waals surface area contributed by atoms with Gasteiger partial charge in [-0.2, -0.15) is 4.37 Å². The molecule has 0 unspecified atom stereocenters. The molecule has 8 heteroatoms. The minimum atomic E-state index is -0.141. The van der Waals surface area contributed by atoms with Crippen LogP contribution in [0.1, 0.15) is 18.9 Å². The van der Waals surface area contributed by atoms with E-state index in [0.29, 0.717) is 27.6 Å². The first-order valence-electron chi connectivity index (χ1n) is 10.0. The zero-order valence-corrected chi connectivity index (χ0v) is 18.9. The first-order valence-corrected chi connectivity index (χ1v) is 11.8. The Balaban J connectivity index is 1.63. The number of carbonyl (C=O) groups excluding carboxylic acids is 1. The summed E-state index contributed by atoms with van der Waals surface area (Å²) in [5.74, 6) is 0.0197. The van der Waals surface area contributed by atoms with Crippen LogP contribution in [0.25, 0.3) is 21.5 Å². The zero-order chi connectivity index (χ0) is 21.8. The van der Waals surface area contributed by atoms with Gasteiger partial charge in [-0.05, 0) is 37.0 Å². The number of amides is 1. The Labute approximate surface area is 188 Å². The summed E-state index contributed by atoms with van der Waals surface area (Å²) in [5.41, 5.74) is 3.99. The van der Waals surface area contributed by atoms with Gasteiger partial charge in [0.2, 0.25) is 5.91 Å². The highest BCUT2D eigenvalue weighted by Gasteiger charge is 2.18. The summed E-state index contributed by atoms with van der Waals surface area (Å²) in [4.78, 5) is 30.4. The number of fused-ring (bicyclic) bond motifs is 1. The quantitative estimate of drug-likeness (QED) is 0.318. The third-order valence-electron chi connectivity index (χ3n) is 4.71. The molecule has 2 aromatic carbocycles. The van der Waals surface area contributed by atoms with E-state index in [1.165, 1.54) is 23.3 Å². The molecule has 4 rings (SSSR count). The predicted octanol–water partition coefficient (Wildman–Crippen LogP) is 4.97. The molecule has 1 amide bonds. The third kappa shape index (κ3) is 4.70. The summed E-state index contributed by atoms with van der Waals surface area (Å²) in [6, 6.07) is 17.4. The highest BCUT2D eigenvalue weighted by molar-refractivity contribution is 7.99. The van der Waals surface area contributed by atoms with Crippen molar-refractivity contribution in [2.24, 2.45) is 0 Å². The van der Waals surface area contributed by atoms with Crippen LogP contribution in [0.15, 0.2) is 64.5 Å². The molecule has 0 aliphatic heterocycles. The van der Waals surface area contributed by atoms with E-state index in [1.807, 2.05) is 68.4 Å². The van der Waals surface area contributed by atoms with Crippen LogP contribution in [0.5, 0.6) is 0 Å². The van der Waals surface area contributed by atoms with Gasteiger partial charge in [-0.1, -0.05) is 66.7 Å². The first-order chi connectivity index (χ1) is 15.1. The summed E-state index contributed by atoms with van der Waals surface area (Å²) >= 11 is 2.45. The number of carbonyl (C=O) groups is 1. The summed E-state index contributed by atoms with van der Waals surface area (Å²) in [6.07, 6.45) is 0.792. The van der Waals surface area contributed by atoms with E-state index in [0.717, 1.165) is 23.2 Å². The Bertz CT molecular complexity index is 1260. The van der Waals surface area contributed by atoms with E-state index >= 15 is 0 Å². The minimum absolute atomic E-state index is 0.104. The second-order valence-corrected chi connectivity index (χ2v) is 8.84. The minimum Gasteiger partial charge on any atom is -0.325 e. The van der Waals surface area contributed by atoms with Gasteiger partial charge in [-0.25, -0.2) is 4.98 Å². The molecule has 4 aromatic rings. The average molecular weight is 451 g/mol. The summed E-state index contributed by atoms with van der Waals surface area (Å²) in [5, 5.41) is 3.43. The molecule has 0 atom stereocenters. The van der Waals surface area contributed by atoms with Crippen LogP contribution < -0.4 is 10.9 Å². The molecule has 158 valence electrons. The van der Waals surface area contributed by atoms with E-state index < -0.39 is 0 Å². The maximum absolute atomic E-state index is 13.1. The van der Waals surface area contributed by atoms with Crippen LogP contribution in [0.2, 0.25) is 0 Å². The van der Waals surface area contributed by atoms with E-state index in [1.54, 1.807) is 4.57 Å². The maximum Gasteiger partial charge on any atom is 0.273 e. The van der Waals surface area contributed by atoms with Gasteiger partial charge >= 0.3 is 0 Å². The fourth-order valence-corrected chi connectivity index (χ4v) is 4.79. The van der Waals surface area contributed by atoms with Crippen LogP contribution in [-0.2, 0) is 11.3 Å². The Hall–Kier alpha value is -2.97. The van der Waals surface area contributed by atoms with Crippen molar-refractivity contribution < 1.29 is 4.79 Å². The second-order valence-electron chi connectivity index (χ2n) is 7.13. The van der Waals surface area contributed by atoms with Crippen LogP contribution in [0.3, 0.4) is 0 Å². The standard InChI is InChI=1S/C23H22N4O2S2/c1-3-13-27-22(29)21-20(19(26-31-21)16-7-5-4-6-8-16)25-23(27)30-14-18(28)24-17-11-9-15(2)10-12-17/h4-12H,3,13-14H2,1-2H3,(H,24,28). The van der Waals surface area contributed by atoms with Crippen molar-refractivity contribution in [2.45, 2.75) is 32.0 Å². The largest absolute Gasteiger partial charge is 0.325 e. The van der Waals surface area contributed by atoms with E-state index in [2.05, 4.69) is 9.69 Å². The van der Waals surface area contributed by atoms with Crippen molar-refractivity contribution in [3.63, 3.8) is 0 Å². The zero-order valence-electron chi connectivity index (χ0n) is 17.3. The lowest BCUT2D eigenvalue weighted by atomic mass is 10.1. The van der Waals surface area contributed by atoms with Gasteiger partial charge in [0.15, 0.2) is 5.16 Å². The third-order valence-corrected chi connectivity index (χ3v) is 6.51. The van der Waals surface area contributed by atoms with Gasteiger partial charge in [0.25, 0.3) is 5.56 Å². The summed E-state index contributed by atoms with van der Waals surface area (Å²) in [6.45, 7) is 4.55. The maximum atomic E-state index is 13.1. The lowest BCUT2D eigenvalue weighted by Gasteiger charge is -2.11. The molecule has 0 radical (unpaired) electrons. The number of aryl methyl sites for hydroxylation is 1. The number of hydrogen-bond acceptors (Lipinski definition) is 6. The number of nitrogens with zero attached hydrogens (tertiary/aromatic N) is 3. The first kappa shape index (κ1) is 21.3. The highest BCUT2D eigenvalue weighted by Crippen LogP contribution is 2.29. The van der Waals surface area contributed by atoms with E-state index in [9.17, 15) is 9.59 Å². The number of hydrogen-bond donors (Lipinski definition) is 1. The molecular weight excluding hydrogens is 428 g/mol. The molecule has 0 saturated carbocycles. The molecule has 2 heterocycles. The lowest BCUT2D eigenvalue weighted by Crippen LogP contribution is -2.23. The Morgan fingerprint density at radius 3 is 2.58 bits per heavy atom. The van der Waals surface area contributed by atoms with Gasteiger partial charge in [-0.3, -0.25) is 14.2 Å². The number of anilines is 1. The van der Waals surface area contributed by atoms with Gasteiger partial charge in [0.1, 0.15) is 15.9 Å². The molecular formula is C23H22N4O2S2. The van der Waals surface area contributed by atoms with Gasteiger partial charge in [-0.15, -0.1) is 0 Å². The Morgan fingerprint density at radius 1 is 1.13 bits per heavy atom. The number of aromatic nitrogens is 3. The van der Waals surface area contributed by atoms with E-state index in [-0.39, 0.29) is 17.2 Å². The molecule has 0 saturated heterocycles. The van der Waals surface area contributed by atoms with Crippen LogP contribution in [-0.4, -0.2) is 25.6 Å². The highest BCUT2D eigenvalue weighted by atomic mass is 32.2. The normalized spacial score (nSPS) is 11.0. The number of rotatable bonds is 7. The number of nitrogens with one attached hydrogen (secondary N) is 1. The van der Waals surface area contributed by atoms with E-state index in [4.69, 9.17) is 4.98 Å². The summed E-state index contributed by atoms with van der Waals surface area (Å²) < 4.78 is 6.70. The van der Waals surface area contributed by atoms with Gasteiger partial charge < -0.3 is 5.32 Å². The van der Waals surface area contributed by atoms with Crippen LogP contribution in [0, 0.1) is 6.92 Å². The molecule has 0 bridgehead atoms. The van der Waals surface area contributed by atoms with Crippen LogP contribution in [0.4, 0.5) is 5.69 Å². The van der Waals surface area contributed by atoms with Crippen LogP contribution >= 0.6 is 23.3 Å². The molecule has 2 aromatic heterocycles. The SMILES string of the molecule is CCCn1c(SCC(=O)Nc2ccc(C)cc2)nc2c(-c3ccccc3)nsc2c1=O. The molecule has 0 spiro atoms. The Kier molecular flexibility index (Phi) is 6.48. The number of benzene rings is 2. The second kappa shape index (κ2) is 9.45. The number of thioether (sulfide) groups is 1. The monoisotopic (exact) mass is 450 g/mol. The van der Waals surface area contributed by atoms with Gasteiger partial charge in [0, 0.05) is 17.8 Å². The molecule has 0 fully saturated rings. The van der Waals surface area contributed by atoms with Gasteiger partial charge in [0.05, 0.1) is 5.75 Å². The Morgan fingerprint density at radius 2 is 1.87 bits per heavy atom. The predicted molar refractivity (Wildman–Crippen MR) is 128 cm³/mol. The van der Waals surface area contributed by atoms with Crippen molar-refractivity contribution in [2.75, 3.05) is 11.1 Å². The van der Waals surface area contributed by atoms with Crippen molar-refractivity contribution >= 4 is 45.1 Å². The topological polar surface area (TPSA) is 76.9 Å². The molecule has 31 heavy (non-hydrogen) atoms. The molecule has 0 aliphatic carbocycles. The smallest absolute Gasteiger partial charge is 0.273 e. The lowest BCUT2D eigenvalue weighted by molar-refractivity contribution is -0.113. The van der Waals surface area contributed by atoms with Crippen molar-refractivity contribution in [1.82, 2.24) is 13.9 Å².